The first-order valence-corrected chi connectivity index (χ1v) is 11.7. The third-order valence-corrected chi connectivity index (χ3v) is 6.03. The molecule has 10 heteroatoms. The molecule has 1 saturated heterocycles. The number of aryl methyl sites for hydroxylation is 1. The second-order valence-electron chi connectivity index (χ2n) is 7.33. The van der Waals surface area contributed by atoms with E-state index in [1.54, 1.807) is 31.2 Å². The number of nitrogens with zero attached hydrogens (tertiary/aromatic N) is 5. The molecule has 0 bridgehead atoms. The first kappa shape index (κ1) is 26.2. The highest BCUT2D eigenvalue weighted by molar-refractivity contribution is 14.0. The van der Waals surface area contributed by atoms with Gasteiger partial charge in [-0.05, 0) is 36.4 Å². The van der Waals surface area contributed by atoms with E-state index >= 15 is 0 Å². The third kappa shape index (κ3) is 7.51. The van der Waals surface area contributed by atoms with E-state index in [2.05, 4.69) is 61.9 Å². The molecule has 0 saturated carbocycles. The molecule has 8 nitrogen and oxygen atoms in total. The van der Waals surface area contributed by atoms with Gasteiger partial charge < -0.3 is 20.4 Å². The summed E-state index contributed by atoms with van der Waals surface area (Å²) < 4.78 is 0. The first-order chi connectivity index (χ1) is 15.1. The van der Waals surface area contributed by atoms with Crippen molar-refractivity contribution in [3.8, 4) is 0 Å². The van der Waals surface area contributed by atoms with Crippen molar-refractivity contribution in [2.24, 2.45) is 4.99 Å². The number of anilines is 1. The summed E-state index contributed by atoms with van der Waals surface area (Å²) in [6, 6.07) is 8.27. The molecule has 0 radical (unpaired) electrons. The van der Waals surface area contributed by atoms with E-state index in [-0.39, 0.29) is 29.9 Å². The summed E-state index contributed by atoms with van der Waals surface area (Å²) in [4.78, 5) is 30.7. The van der Waals surface area contributed by atoms with Crippen molar-refractivity contribution in [1.82, 2.24) is 25.5 Å². The lowest BCUT2D eigenvalue weighted by Crippen LogP contribution is -2.50. The van der Waals surface area contributed by atoms with Gasteiger partial charge in [0, 0.05) is 70.0 Å². The van der Waals surface area contributed by atoms with Gasteiger partial charge in [-0.25, -0.2) is 9.97 Å². The van der Waals surface area contributed by atoms with Crippen LogP contribution in [0.3, 0.4) is 0 Å². The van der Waals surface area contributed by atoms with Crippen LogP contribution in [0.1, 0.15) is 17.5 Å². The van der Waals surface area contributed by atoms with Crippen LogP contribution in [0.5, 0.6) is 0 Å². The van der Waals surface area contributed by atoms with Gasteiger partial charge in [-0.2, -0.15) is 0 Å². The normalized spacial score (nSPS) is 14.0. The van der Waals surface area contributed by atoms with Crippen molar-refractivity contribution in [2.45, 2.75) is 24.8 Å². The van der Waals surface area contributed by atoms with Gasteiger partial charge in [0.15, 0.2) is 5.96 Å². The Bertz CT molecular complexity index is 889. The van der Waals surface area contributed by atoms with Crippen molar-refractivity contribution >= 4 is 53.6 Å². The summed E-state index contributed by atoms with van der Waals surface area (Å²) in [7, 11) is 1.74. The number of carbonyl (C=O) groups excluding carboxylic acids is 1. The number of hydrogen-bond donors (Lipinski definition) is 2. The molecule has 0 spiro atoms. The summed E-state index contributed by atoms with van der Waals surface area (Å²) in [5.74, 6) is 1.58. The molecular formula is C22H32IN7OS. The van der Waals surface area contributed by atoms with Crippen molar-refractivity contribution in [1.29, 1.82) is 0 Å². The highest BCUT2D eigenvalue weighted by Gasteiger charge is 2.22. The van der Waals surface area contributed by atoms with Crippen LogP contribution in [-0.4, -0.2) is 72.8 Å². The fourth-order valence-corrected chi connectivity index (χ4v) is 4.16. The van der Waals surface area contributed by atoms with E-state index < -0.39 is 0 Å². The number of rotatable bonds is 7. The predicted octanol–water partition coefficient (Wildman–Crippen LogP) is 2.53. The summed E-state index contributed by atoms with van der Waals surface area (Å²) in [6.07, 6.45) is 6.01. The molecule has 0 aliphatic carbocycles. The lowest BCUT2D eigenvalue weighted by Gasteiger charge is -2.34. The number of benzene rings is 1. The molecular weight excluding hydrogens is 537 g/mol. The molecule has 1 aliphatic rings. The summed E-state index contributed by atoms with van der Waals surface area (Å²) in [5.41, 5.74) is 2.49. The van der Waals surface area contributed by atoms with Crippen LogP contribution in [0.2, 0.25) is 0 Å². The van der Waals surface area contributed by atoms with Crippen LogP contribution in [0.4, 0.5) is 5.95 Å². The van der Waals surface area contributed by atoms with Gasteiger partial charge in [0.1, 0.15) is 0 Å². The number of aliphatic imine (C=N–C) groups is 1. The Morgan fingerprint density at radius 1 is 1.16 bits per heavy atom. The molecule has 2 heterocycles. The average molecular weight is 570 g/mol. The lowest BCUT2D eigenvalue weighted by molar-refractivity contribution is -0.131. The van der Waals surface area contributed by atoms with Gasteiger partial charge in [0.2, 0.25) is 11.9 Å². The van der Waals surface area contributed by atoms with Crippen molar-refractivity contribution < 1.29 is 4.79 Å². The quantitative estimate of drug-likeness (QED) is 0.230. The largest absolute Gasteiger partial charge is 0.356 e. The average Bonchev–Trinajstić information content (AvgIpc) is 2.82. The summed E-state index contributed by atoms with van der Waals surface area (Å²) >= 11 is 1.74. The number of piperazine rings is 1. The monoisotopic (exact) mass is 569 g/mol. The molecule has 3 rings (SSSR count). The fourth-order valence-electron chi connectivity index (χ4n) is 3.45. The number of aromatic nitrogens is 2. The Morgan fingerprint density at radius 3 is 2.53 bits per heavy atom. The number of amides is 1. The number of thioether (sulfide) groups is 1. The van der Waals surface area contributed by atoms with Crippen LogP contribution < -0.4 is 15.5 Å². The van der Waals surface area contributed by atoms with Gasteiger partial charge in [-0.15, -0.1) is 35.7 Å². The SMILES string of the molecule is CN=C(NCCC(=O)N1CCN(c2ncccn2)CC1)NCc1ccc(C)cc1SC.I. The summed E-state index contributed by atoms with van der Waals surface area (Å²) in [5, 5.41) is 6.58. The van der Waals surface area contributed by atoms with Crippen molar-refractivity contribution in [3.05, 3.63) is 47.8 Å². The number of halogens is 1. The predicted molar refractivity (Wildman–Crippen MR) is 142 cm³/mol. The van der Waals surface area contributed by atoms with E-state index in [0.717, 1.165) is 19.0 Å². The molecule has 1 amide bonds. The topological polar surface area (TPSA) is 85.8 Å². The van der Waals surface area contributed by atoms with Crippen molar-refractivity contribution in [3.63, 3.8) is 0 Å². The van der Waals surface area contributed by atoms with Crippen LogP contribution in [0.15, 0.2) is 46.5 Å². The van der Waals surface area contributed by atoms with Crippen LogP contribution in [0, 0.1) is 6.92 Å². The minimum atomic E-state index is 0. The Balaban J connectivity index is 0.00000363. The second kappa shape index (κ2) is 13.5. The smallest absolute Gasteiger partial charge is 0.225 e. The zero-order valence-corrected chi connectivity index (χ0v) is 22.0. The zero-order valence-electron chi connectivity index (χ0n) is 18.9. The molecule has 174 valence electrons. The van der Waals surface area contributed by atoms with Crippen LogP contribution >= 0.6 is 35.7 Å². The number of carbonyl (C=O) groups is 1. The first-order valence-electron chi connectivity index (χ1n) is 10.5. The molecule has 0 unspecified atom stereocenters. The fraction of sp³-hybridized carbons (Fsp3) is 0.455. The van der Waals surface area contributed by atoms with E-state index in [0.29, 0.717) is 38.6 Å². The molecule has 1 aliphatic heterocycles. The van der Waals surface area contributed by atoms with Crippen LogP contribution in [0.25, 0.3) is 0 Å². The van der Waals surface area contributed by atoms with Gasteiger partial charge in [-0.3, -0.25) is 9.79 Å². The molecule has 0 atom stereocenters. The molecule has 1 aromatic carbocycles. The lowest BCUT2D eigenvalue weighted by atomic mass is 10.1. The van der Waals surface area contributed by atoms with E-state index in [4.69, 9.17) is 0 Å². The van der Waals surface area contributed by atoms with Crippen molar-refractivity contribution in [2.75, 3.05) is 50.9 Å². The highest BCUT2D eigenvalue weighted by atomic mass is 127. The minimum Gasteiger partial charge on any atom is -0.356 e. The van der Waals surface area contributed by atoms with E-state index in [1.165, 1.54) is 16.0 Å². The van der Waals surface area contributed by atoms with Crippen LogP contribution in [-0.2, 0) is 11.3 Å². The van der Waals surface area contributed by atoms with Gasteiger partial charge in [0.25, 0.3) is 0 Å². The maximum atomic E-state index is 12.6. The standard InChI is InChI=1S/C22H31N7OS.HI/c1-17-5-6-18(19(15-17)31-3)16-27-21(23-2)24-10-7-20(30)28-11-13-29(14-12-28)22-25-8-4-9-26-22;/h4-6,8-9,15H,7,10-14,16H2,1-3H3,(H2,23,24,27);1H. The number of hydrogen-bond acceptors (Lipinski definition) is 6. The molecule has 2 N–H and O–H groups in total. The molecule has 1 fully saturated rings. The second-order valence-corrected chi connectivity index (χ2v) is 8.18. The molecule has 32 heavy (non-hydrogen) atoms. The minimum absolute atomic E-state index is 0. The Labute approximate surface area is 211 Å². The maximum Gasteiger partial charge on any atom is 0.225 e. The highest BCUT2D eigenvalue weighted by Crippen LogP contribution is 2.21. The zero-order chi connectivity index (χ0) is 22.1. The van der Waals surface area contributed by atoms with Gasteiger partial charge in [0.05, 0.1) is 0 Å². The Morgan fingerprint density at radius 2 is 1.88 bits per heavy atom. The number of nitrogens with one attached hydrogen (secondary N) is 2. The van der Waals surface area contributed by atoms with Gasteiger partial charge in [-0.1, -0.05) is 12.1 Å². The molecule has 1 aromatic heterocycles. The maximum absolute atomic E-state index is 12.6. The summed E-state index contributed by atoms with van der Waals surface area (Å²) in [6.45, 7) is 6.21. The van der Waals surface area contributed by atoms with E-state index in [9.17, 15) is 4.79 Å². The van der Waals surface area contributed by atoms with Gasteiger partial charge >= 0.3 is 0 Å². The van der Waals surface area contributed by atoms with E-state index in [1.807, 2.05) is 11.0 Å². The number of guanidine groups is 1. The Hall–Kier alpha value is -2.08. The molecule has 2 aromatic rings. The Kier molecular flexibility index (Phi) is 11.0. The third-order valence-electron chi connectivity index (χ3n) is 5.21.